The molecule has 9 rings (SSSR count). The number of pyridine rings is 2. The fourth-order valence-electron chi connectivity index (χ4n) is 6.97. The Labute approximate surface area is 337 Å². The van der Waals surface area contributed by atoms with Crippen molar-refractivity contribution in [1.82, 2.24) is 19.5 Å². The molecule has 5 aromatic carbocycles. The minimum absolute atomic E-state index is 0. The van der Waals surface area contributed by atoms with Gasteiger partial charge in [-0.05, 0) is 91.6 Å². The van der Waals surface area contributed by atoms with Gasteiger partial charge in [0.1, 0.15) is 5.82 Å². The summed E-state index contributed by atoms with van der Waals surface area (Å²) in [6, 6.07) is 45.9. The van der Waals surface area contributed by atoms with E-state index in [4.69, 9.17) is 9.40 Å². The second kappa shape index (κ2) is 15.5. The number of para-hydroxylation sites is 2. The van der Waals surface area contributed by atoms with Crippen molar-refractivity contribution in [3.8, 4) is 39.5 Å². The van der Waals surface area contributed by atoms with Crippen LogP contribution in [0.3, 0.4) is 0 Å². The Kier molecular flexibility index (Phi) is 10.7. The van der Waals surface area contributed by atoms with Crippen LogP contribution < -0.4 is 4.40 Å². The molecule has 0 saturated heterocycles. The summed E-state index contributed by atoms with van der Waals surface area (Å²) < 4.78 is 23.5. The van der Waals surface area contributed by atoms with Gasteiger partial charge in [-0.1, -0.05) is 35.2 Å². The van der Waals surface area contributed by atoms with E-state index in [-0.39, 0.29) is 25.9 Å². The number of nitrogens with zero attached hydrogens (tertiary/aromatic N) is 4. The molecule has 0 unspecified atom stereocenters. The van der Waals surface area contributed by atoms with Crippen LogP contribution in [0.1, 0.15) is 16.8 Å². The van der Waals surface area contributed by atoms with Crippen LogP contribution in [0.5, 0.6) is 0 Å². The van der Waals surface area contributed by atoms with Crippen molar-refractivity contribution < 1.29 is 28.9 Å². The Morgan fingerprint density at radius 2 is 1.45 bits per heavy atom. The van der Waals surface area contributed by atoms with Crippen molar-refractivity contribution in [2.24, 2.45) is 0 Å². The smallest absolute Gasteiger partial charge is 0 e. The van der Waals surface area contributed by atoms with Gasteiger partial charge in [-0.25, -0.2) is 9.37 Å². The Morgan fingerprint density at radius 1 is 0.709 bits per heavy atom. The van der Waals surface area contributed by atoms with Crippen molar-refractivity contribution in [3.05, 3.63) is 162 Å². The predicted octanol–water partition coefficient (Wildman–Crippen LogP) is 11.6. The third-order valence-corrected chi connectivity index (χ3v) is 14.0. The number of furan rings is 1. The van der Waals surface area contributed by atoms with Gasteiger partial charge >= 0.3 is 99.8 Å². The molecule has 0 aliphatic rings. The quantitative estimate of drug-likeness (QED) is 0.127. The van der Waals surface area contributed by atoms with Crippen LogP contribution >= 0.6 is 0 Å². The van der Waals surface area contributed by atoms with Crippen molar-refractivity contribution in [2.75, 3.05) is 0 Å². The second-order valence-electron chi connectivity index (χ2n) is 14.7. The minimum Gasteiger partial charge on any atom is 0 e. The normalized spacial score (nSPS) is 11.4. The molecule has 1 radical (unpaired) electrons. The summed E-state index contributed by atoms with van der Waals surface area (Å²) in [5.41, 5.74) is 12.2. The third-order valence-electron chi connectivity index (χ3n) is 9.73. The molecule has 0 aliphatic heterocycles. The third kappa shape index (κ3) is 7.57. The van der Waals surface area contributed by atoms with Gasteiger partial charge in [0.25, 0.3) is 0 Å². The van der Waals surface area contributed by atoms with Crippen molar-refractivity contribution >= 4 is 50.8 Å². The summed E-state index contributed by atoms with van der Waals surface area (Å²) in [6.07, 6.45) is 2.04. The molecule has 0 saturated carbocycles. The van der Waals surface area contributed by atoms with Crippen molar-refractivity contribution in [3.63, 3.8) is 0 Å². The van der Waals surface area contributed by atoms with Gasteiger partial charge in [0.2, 0.25) is 5.71 Å². The largest absolute Gasteiger partial charge is 0 e. The molecule has 0 N–H and O–H groups in total. The summed E-state index contributed by atoms with van der Waals surface area (Å²) in [4.78, 5) is 14.2. The first kappa shape index (κ1) is 38.1. The molecule has 0 fully saturated rings. The number of aromatic nitrogens is 4. The summed E-state index contributed by atoms with van der Waals surface area (Å²) in [5, 5.41) is 1.96. The molecule has 9 aromatic rings. The molecular formula is C47H39FGeIrN4O-2. The number of hydrogen-bond acceptors (Lipinski definition) is 4. The molecule has 4 aromatic heterocycles. The van der Waals surface area contributed by atoms with Crippen LogP contribution in [-0.2, 0) is 20.1 Å². The molecule has 0 spiro atoms. The van der Waals surface area contributed by atoms with Crippen LogP contribution in [0.25, 0.3) is 72.6 Å². The van der Waals surface area contributed by atoms with Crippen LogP contribution in [0.4, 0.5) is 4.39 Å². The van der Waals surface area contributed by atoms with Gasteiger partial charge < -0.3 is 8.98 Å². The zero-order chi connectivity index (χ0) is 37.6. The zero-order valence-electron chi connectivity index (χ0n) is 31.5. The number of aryl methyl sites for hydroxylation is 3. The maximum Gasteiger partial charge on any atom is 0 e. The molecule has 0 atom stereocenters. The number of imidazole rings is 1. The number of halogens is 1. The van der Waals surface area contributed by atoms with E-state index in [1.54, 1.807) is 0 Å². The van der Waals surface area contributed by atoms with Crippen LogP contribution in [0, 0.1) is 38.7 Å². The van der Waals surface area contributed by atoms with Gasteiger partial charge in [0.05, 0.1) is 22.4 Å². The van der Waals surface area contributed by atoms with E-state index in [0.29, 0.717) is 5.71 Å². The van der Waals surface area contributed by atoms with E-state index in [1.165, 1.54) is 16.5 Å². The van der Waals surface area contributed by atoms with Gasteiger partial charge in [0, 0.05) is 36.9 Å². The fourth-order valence-corrected chi connectivity index (χ4v) is 9.14. The monoisotopic (exact) mass is 961 g/mol. The van der Waals surface area contributed by atoms with Gasteiger partial charge in [-0.15, -0.1) is 18.2 Å². The topological polar surface area (TPSA) is 56.7 Å². The predicted molar refractivity (Wildman–Crippen MR) is 222 cm³/mol. The first-order valence-electron chi connectivity index (χ1n) is 18.0. The standard InChI is InChI=1S/C33H23FN3O.C14H16GeN.Ir/c1-19-17-23(22-12-14-24(34)15-13-22)18-20(2)30(19)37-29-10-5-4-9-28(29)36-32(37)27-8-6-7-25-26-16-11-21(3)35-33(26)38-31(25)27;1-15(2,3)13-9-10-14(16-11-13)12-7-5-4-6-8-12;/h4-7,9-18H,1-3H3;4-7,9-11H,1-3H3;/q2*-1;. The maximum absolute atomic E-state index is 13.5. The van der Waals surface area contributed by atoms with E-state index >= 15 is 0 Å². The molecule has 275 valence electrons. The zero-order valence-corrected chi connectivity index (χ0v) is 36.0. The number of hydrogen-bond donors (Lipinski definition) is 0. The second-order valence-corrected chi connectivity index (χ2v) is 25.3. The molecule has 0 amide bonds. The molecule has 0 bridgehead atoms. The van der Waals surface area contributed by atoms with E-state index in [2.05, 4.69) is 94.2 Å². The maximum atomic E-state index is 13.5. The van der Waals surface area contributed by atoms with Crippen molar-refractivity contribution in [1.29, 1.82) is 0 Å². The molecule has 5 nitrogen and oxygen atoms in total. The van der Waals surface area contributed by atoms with E-state index in [1.807, 2.05) is 85.9 Å². The molecular weight excluding hydrogens is 920 g/mol. The average Bonchev–Trinajstić information content (AvgIpc) is 3.73. The number of fused-ring (bicyclic) bond motifs is 4. The molecule has 0 aliphatic carbocycles. The minimum atomic E-state index is -1.72. The summed E-state index contributed by atoms with van der Waals surface area (Å²) in [5.74, 6) is 7.66. The first-order chi connectivity index (χ1) is 26.0. The molecule has 8 heteroatoms. The molecule has 4 heterocycles. The Morgan fingerprint density at radius 3 is 2.15 bits per heavy atom. The average molecular weight is 960 g/mol. The van der Waals surface area contributed by atoms with Crippen LogP contribution in [0.15, 0.2) is 132 Å². The summed E-state index contributed by atoms with van der Waals surface area (Å²) >= 11 is -1.72. The van der Waals surface area contributed by atoms with Gasteiger partial charge in [-0.2, -0.15) is 0 Å². The van der Waals surface area contributed by atoms with Gasteiger partial charge in [0.15, 0.2) is 0 Å². The van der Waals surface area contributed by atoms with Crippen molar-refractivity contribution in [2.45, 2.75) is 38.0 Å². The summed E-state index contributed by atoms with van der Waals surface area (Å²) in [7, 11) is 0. The summed E-state index contributed by atoms with van der Waals surface area (Å²) in [6.45, 7) is 6.17. The van der Waals surface area contributed by atoms with Crippen LogP contribution in [-0.4, -0.2) is 32.8 Å². The fraction of sp³-hybridized carbons (Fsp3) is 0.128. The van der Waals surface area contributed by atoms with Crippen LogP contribution in [0.2, 0.25) is 17.3 Å². The number of rotatable bonds is 5. The Bertz CT molecular complexity index is 2760. The van der Waals surface area contributed by atoms with Gasteiger partial charge in [-0.3, -0.25) is 4.98 Å². The first-order valence-corrected chi connectivity index (χ1v) is 25.4. The van der Waals surface area contributed by atoms with E-state index in [0.717, 1.165) is 83.7 Å². The Balaban J connectivity index is 0.000000231. The SMILES string of the molecule is Cc1ccc2c(n1)oc1c(-c3nc4ccccc4n3-c3c(C)cc(-c4ccc(F)cc4)cc3C)[c-]ccc12.[CH3][Ge]([CH3])([CH3])[c]1ccc(-c2[c-]cccc2)nc1.[Ir]. The number of benzene rings is 5. The Hall–Kier alpha value is -5.21. The van der Waals surface area contributed by atoms with E-state index in [9.17, 15) is 4.39 Å². The molecule has 55 heavy (non-hydrogen) atoms. The van der Waals surface area contributed by atoms with E-state index < -0.39 is 13.3 Å².